The van der Waals surface area contributed by atoms with Crippen molar-refractivity contribution in [2.75, 3.05) is 25.6 Å². The second kappa shape index (κ2) is 7.09. The van der Waals surface area contributed by atoms with Crippen molar-refractivity contribution in [1.82, 2.24) is 0 Å². The number of halogens is 1. The highest BCUT2D eigenvalue weighted by Gasteiger charge is 2.12. The first-order valence-electron chi connectivity index (χ1n) is 6.97. The van der Waals surface area contributed by atoms with Gasteiger partial charge in [0, 0.05) is 24.8 Å². The Morgan fingerprint density at radius 1 is 1.19 bits per heavy atom. The van der Waals surface area contributed by atoms with Gasteiger partial charge in [-0.15, -0.1) is 0 Å². The van der Waals surface area contributed by atoms with Gasteiger partial charge in [0.05, 0.1) is 7.11 Å². The molecule has 0 atom stereocenters. The first-order valence-corrected chi connectivity index (χ1v) is 6.97. The van der Waals surface area contributed by atoms with Crippen molar-refractivity contribution in [3.8, 4) is 5.75 Å². The Labute approximate surface area is 125 Å². The van der Waals surface area contributed by atoms with Crippen molar-refractivity contribution < 1.29 is 9.13 Å². The lowest BCUT2D eigenvalue weighted by Crippen LogP contribution is -2.19. The minimum absolute atomic E-state index is 0.199. The Bertz CT molecular complexity index is 601. The molecule has 0 aromatic heterocycles. The van der Waals surface area contributed by atoms with Crippen molar-refractivity contribution in [3.05, 3.63) is 59.4 Å². The first kappa shape index (κ1) is 15.3. The molecule has 0 saturated carbocycles. The minimum Gasteiger partial charge on any atom is -0.497 e. The highest BCUT2D eigenvalue weighted by molar-refractivity contribution is 5.54. The van der Waals surface area contributed by atoms with Crippen LogP contribution in [0.4, 0.5) is 10.1 Å². The molecule has 4 heteroatoms. The molecule has 2 rings (SSSR count). The van der Waals surface area contributed by atoms with Gasteiger partial charge in [-0.2, -0.15) is 0 Å². The monoisotopic (exact) mass is 288 g/mol. The third-order valence-electron chi connectivity index (χ3n) is 3.45. The van der Waals surface area contributed by atoms with Crippen LogP contribution in [0.1, 0.15) is 11.1 Å². The first-order chi connectivity index (χ1) is 10.2. The van der Waals surface area contributed by atoms with E-state index in [2.05, 4.69) is 0 Å². The third kappa shape index (κ3) is 3.73. The van der Waals surface area contributed by atoms with E-state index in [9.17, 15) is 4.39 Å². The van der Waals surface area contributed by atoms with Crippen LogP contribution in [0.2, 0.25) is 0 Å². The summed E-state index contributed by atoms with van der Waals surface area (Å²) in [6.07, 6.45) is 0.532. The summed E-state index contributed by atoms with van der Waals surface area (Å²) in [6.45, 7) is 1.11. The predicted octanol–water partition coefficient (Wildman–Crippen LogP) is 2.97. The predicted molar refractivity (Wildman–Crippen MR) is 84.3 cm³/mol. The fraction of sp³-hybridized carbons (Fsp3) is 0.294. The van der Waals surface area contributed by atoms with Crippen molar-refractivity contribution in [1.29, 1.82) is 0 Å². The maximum absolute atomic E-state index is 14.0. The second-order valence-electron chi connectivity index (χ2n) is 4.98. The van der Waals surface area contributed by atoms with Gasteiger partial charge in [0.2, 0.25) is 0 Å². The lowest BCUT2D eigenvalue weighted by molar-refractivity contribution is 0.414. The van der Waals surface area contributed by atoms with Crippen LogP contribution in [0, 0.1) is 5.82 Å². The van der Waals surface area contributed by atoms with Gasteiger partial charge in [-0.25, -0.2) is 4.39 Å². The summed E-state index contributed by atoms with van der Waals surface area (Å²) in [5.74, 6) is 0.623. The highest BCUT2D eigenvalue weighted by Crippen LogP contribution is 2.25. The Hall–Kier alpha value is -2.07. The van der Waals surface area contributed by atoms with Crippen LogP contribution in [0.5, 0.6) is 5.75 Å². The normalized spacial score (nSPS) is 10.5. The van der Waals surface area contributed by atoms with Gasteiger partial charge in [-0.1, -0.05) is 18.2 Å². The van der Waals surface area contributed by atoms with E-state index >= 15 is 0 Å². The molecule has 0 aliphatic rings. The molecule has 0 fully saturated rings. The van der Waals surface area contributed by atoms with Crippen molar-refractivity contribution in [3.63, 3.8) is 0 Å². The standard InChI is InChI=1S/C17H21FN2O/c1-20(12-13-5-3-6-14(11-13)21-2)17-8-4-7-16(18)15(17)9-10-19/h3-8,11H,9-10,12,19H2,1-2H3. The summed E-state index contributed by atoms with van der Waals surface area (Å²) in [5, 5.41) is 0. The zero-order valence-corrected chi connectivity index (χ0v) is 12.5. The van der Waals surface area contributed by atoms with E-state index in [1.165, 1.54) is 6.07 Å². The number of hydrogen-bond donors (Lipinski definition) is 1. The average molecular weight is 288 g/mol. The molecule has 0 unspecified atom stereocenters. The van der Waals surface area contributed by atoms with Gasteiger partial charge in [0.1, 0.15) is 11.6 Å². The van der Waals surface area contributed by atoms with E-state index < -0.39 is 0 Å². The highest BCUT2D eigenvalue weighted by atomic mass is 19.1. The van der Waals surface area contributed by atoms with Crippen LogP contribution in [-0.2, 0) is 13.0 Å². The zero-order chi connectivity index (χ0) is 15.2. The topological polar surface area (TPSA) is 38.5 Å². The summed E-state index contributed by atoms with van der Waals surface area (Å²) < 4.78 is 19.2. The summed E-state index contributed by atoms with van der Waals surface area (Å²) >= 11 is 0. The molecule has 3 nitrogen and oxygen atoms in total. The van der Waals surface area contributed by atoms with Crippen LogP contribution in [0.25, 0.3) is 0 Å². The molecule has 112 valence electrons. The Kier molecular flexibility index (Phi) is 5.17. The van der Waals surface area contributed by atoms with Gasteiger partial charge in [-0.3, -0.25) is 0 Å². The fourth-order valence-corrected chi connectivity index (χ4v) is 2.43. The number of methoxy groups -OCH3 is 1. The van der Waals surface area contributed by atoms with E-state index in [-0.39, 0.29) is 5.82 Å². The maximum atomic E-state index is 14.0. The van der Waals surface area contributed by atoms with Crippen molar-refractivity contribution in [2.24, 2.45) is 5.73 Å². The van der Waals surface area contributed by atoms with Crippen LogP contribution >= 0.6 is 0 Å². The quantitative estimate of drug-likeness (QED) is 0.888. The van der Waals surface area contributed by atoms with E-state index in [0.717, 1.165) is 17.0 Å². The molecule has 0 amide bonds. The molecule has 2 aromatic carbocycles. The molecule has 0 saturated heterocycles. The zero-order valence-electron chi connectivity index (χ0n) is 12.5. The molecule has 0 bridgehead atoms. The van der Waals surface area contributed by atoms with Crippen LogP contribution in [0.15, 0.2) is 42.5 Å². The maximum Gasteiger partial charge on any atom is 0.128 e. The lowest BCUT2D eigenvalue weighted by Gasteiger charge is -2.23. The molecule has 21 heavy (non-hydrogen) atoms. The van der Waals surface area contributed by atoms with E-state index in [1.54, 1.807) is 13.2 Å². The molecule has 2 aromatic rings. The molecular formula is C17H21FN2O. The second-order valence-corrected chi connectivity index (χ2v) is 4.98. The molecule has 0 heterocycles. The van der Waals surface area contributed by atoms with Crippen molar-refractivity contribution >= 4 is 5.69 Å². The van der Waals surface area contributed by atoms with Gasteiger partial charge in [0.15, 0.2) is 0 Å². The summed E-state index contributed by atoms with van der Waals surface area (Å²) in [6, 6.07) is 13.0. The summed E-state index contributed by atoms with van der Waals surface area (Å²) in [4.78, 5) is 2.03. The Balaban J connectivity index is 2.23. The number of rotatable bonds is 6. The van der Waals surface area contributed by atoms with Crippen LogP contribution < -0.4 is 15.4 Å². The molecule has 0 radical (unpaired) electrons. The van der Waals surface area contributed by atoms with Gasteiger partial charge < -0.3 is 15.4 Å². The third-order valence-corrected chi connectivity index (χ3v) is 3.45. The van der Waals surface area contributed by atoms with Crippen LogP contribution in [-0.4, -0.2) is 20.7 Å². The molecule has 0 aliphatic heterocycles. The van der Waals surface area contributed by atoms with Gasteiger partial charge >= 0.3 is 0 Å². The average Bonchev–Trinajstić information content (AvgIpc) is 2.49. The molecule has 2 N–H and O–H groups in total. The molecular weight excluding hydrogens is 267 g/mol. The fourth-order valence-electron chi connectivity index (χ4n) is 2.43. The summed E-state index contributed by atoms with van der Waals surface area (Å²) in [7, 11) is 3.60. The van der Waals surface area contributed by atoms with Crippen LogP contribution in [0.3, 0.4) is 0 Å². The Morgan fingerprint density at radius 2 is 1.95 bits per heavy atom. The largest absolute Gasteiger partial charge is 0.497 e. The minimum atomic E-state index is -0.199. The van der Waals surface area contributed by atoms with E-state index in [1.807, 2.05) is 42.3 Å². The number of anilines is 1. The number of benzene rings is 2. The summed E-state index contributed by atoms with van der Waals surface area (Å²) in [5.41, 5.74) is 8.25. The number of nitrogens with zero attached hydrogens (tertiary/aromatic N) is 1. The molecule has 0 aliphatic carbocycles. The SMILES string of the molecule is COc1cccc(CN(C)c2cccc(F)c2CCN)c1. The van der Waals surface area contributed by atoms with E-state index in [4.69, 9.17) is 10.5 Å². The number of ether oxygens (including phenoxy) is 1. The van der Waals surface area contributed by atoms with Gasteiger partial charge in [0.25, 0.3) is 0 Å². The van der Waals surface area contributed by atoms with Crippen molar-refractivity contribution in [2.45, 2.75) is 13.0 Å². The molecule has 0 spiro atoms. The van der Waals surface area contributed by atoms with Gasteiger partial charge in [-0.05, 0) is 42.8 Å². The number of nitrogens with two attached hydrogens (primary N) is 1. The lowest BCUT2D eigenvalue weighted by atomic mass is 10.1. The smallest absolute Gasteiger partial charge is 0.128 e. The number of hydrogen-bond acceptors (Lipinski definition) is 3. The van der Waals surface area contributed by atoms with E-state index in [0.29, 0.717) is 25.1 Å². The Morgan fingerprint density at radius 3 is 2.67 bits per heavy atom.